The molecule has 176 valence electrons. The van der Waals surface area contributed by atoms with E-state index in [0.29, 0.717) is 36.3 Å². The highest BCUT2D eigenvalue weighted by atomic mass is 19.4. The van der Waals surface area contributed by atoms with Crippen molar-refractivity contribution in [2.45, 2.75) is 38.9 Å². The summed E-state index contributed by atoms with van der Waals surface area (Å²) in [4.78, 5) is 14.7. The number of halogens is 4. The molecule has 0 aliphatic rings. The molecule has 3 aromatic rings. The molecule has 33 heavy (non-hydrogen) atoms. The van der Waals surface area contributed by atoms with Crippen LogP contribution in [-0.2, 0) is 17.5 Å². The molecule has 9 heteroatoms. The van der Waals surface area contributed by atoms with Gasteiger partial charge in [-0.05, 0) is 49.1 Å². The van der Waals surface area contributed by atoms with E-state index in [2.05, 4.69) is 4.98 Å². The number of carboxylic acid groups (broad SMARTS) is 1. The second-order valence-electron chi connectivity index (χ2n) is 7.86. The zero-order valence-electron chi connectivity index (χ0n) is 18.0. The molecule has 1 atom stereocenters. The van der Waals surface area contributed by atoms with Crippen molar-refractivity contribution in [3.05, 3.63) is 71.8 Å². The molecule has 0 saturated heterocycles. The SMILES string of the molecule is C[C@H](CCCOc1ccccc1Cn1c(C(F)(F)F)cnc1-c1ccc(F)cc1)CC(=O)O. The van der Waals surface area contributed by atoms with E-state index in [4.69, 9.17) is 9.84 Å². The highest BCUT2D eigenvalue weighted by Crippen LogP contribution is 2.34. The van der Waals surface area contributed by atoms with Crippen LogP contribution in [0.1, 0.15) is 37.4 Å². The number of hydrogen-bond acceptors (Lipinski definition) is 3. The van der Waals surface area contributed by atoms with Crippen LogP contribution in [-0.4, -0.2) is 27.2 Å². The Morgan fingerprint density at radius 2 is 1.85 bits per heavy atom. The van der Waals surface area contributed by atoms with Crippen LogP contribution >= 0.6 is 0 Å². The number of rotatable bonds is 10. The molecule has 1 N–H and O–H groups in total. The summed E-state index contributed by atoms with van der Waals surface area (Å²) in [6.45, 7) is 2.01. The van der Waals surface area contributed by atoms with E-state index in [1.165, 1.54) is 24.3 Å². The number of nitrogens with zero attached hydrogens (tertiary/aromatic N) is 2. The Kier molecular flexibility index (Phi) is 7.73. The van der Waals surface area contributed by atoms with E-state index in [-0.39, 0.29) is 24.7 Å². The molecule has 0 spiro atoms. The molecule has 5 nitrogen and oxygen atoms in total. The third kappa shape index (κ3) is 6.57. The third-order valence-electron chi connectivity index (χ3n) is 5.17. The third-order valence-corrected chi connectivity index (χ3v) is 5.17. The summed E-state index contributed by atoms with van der Waals surface area (Å²) in [7, 11) is 0. The molecule has 0 saturated carbocycles. The minimum absolute atomic E-state index is 0.0000893. The topological polar surface area (TPSA) is 64.4 Å². The van der Waals surface area contributed by atoms with Crippen molar-refractivity contribution in [3.63, 3.8) is 0 Å². The van der Waals surface area contributed by atoms with Gasteiger partial charge in [0.05, 0.1) is 19.3 Å². The molecule has 0 fully saturated rings. The van der Waals surface area contributed by atoms with Gasteiger partial charge in [0.25, 0.3) is 0 Å². The van der Waals surface area contributed by atoms with Crippen LogP contribution < -0.4 is 4.74 Å². The number of carboxylic acids is 1. The van der Waals surface area contributed by atoms with Crippen LogP contribution in [0.4, 0.5) is 17.6 Å². The first-order chi connectivity index (χ1) is 15.6. The van der Waals surface area contributed by atoms with E-state index in [1.807, 2.05) is 6.92 Å². The Balaban J connectivity index is 1.81. The average molecular weight is 464 g/mol. The molecule has 1 aromatic heterocycles. The molecule has 2 aromatic carbocycles. The van der Waals surface area contributed by atoms with Crippen molar-refractivity contribution in [1.82, 2.24) is 9.55 Å². The van der Waals surface area contributed by atoms with Gasteiger partial charge in [-0.15, -0.1) is 0 Å². The minimum atomic E-state index is -4.62. The Morgan fingerprint density at radius 1 is 1.15 bits per heavy atom. The minimum Gasteiger partial charge on any atom is -0.493 e. The largest absolute Gasteiger partial charge is 0.493 e. The fourth-order valence-electron chi connectivity index (χ4n) is 3.55. The average Bonchev–Trinajstić information content (AvgIpc) is 3.16. The summed E-state index contributed by atoms with van der Waals surface area (Å²) in [6, 6.07) is 11.9. The molecule has 0 radical (unpaired) electrons. The van der Waals surface area contributed by atoms with Gasteiger partial charge >= 0.3 is 12.1 Å². The number of benzene rings is 2. The fourth-order valence-corrected chi connectivity index (χ4v) is 3.55. The number of imidazole rings is 1. The Morgan fingerprint density at radius 3 is 2.52 bits per heavy atom. The van der Waals surface area contributed by atoms with Crippen molar-refractivity contribution in [1.29, 1.82) is 0 Å². The second kappa shape index (κ2) is 10.5. The van der Waals surface area contributed by atoms with Gasteiger partial charge < -0.3 is 14.4 Å². The molecule has 0 bridgehead atoms. The fraction of sp³-hybridized carbons (Fsp3) is 0.333. The van der Waals surface area contributed by atoms with Crippen LogP contribution in [0.2, 0.25) is 0 Å². The summed E-state index contributed by atoms with van der Waals surface area (Å²) in [5.41, 5.74) is -0.0280. The number of ether oxygens (including phenoxy) is 1. The van der Waals surface area contributed by atoms with Crippen molar-refractivity contribution in [2.24, 2.45) is 5.92 Å². The van der Waals surface area contributed by atoms with Crippen LogP contribution in [0.5, 0.6) is 5.75 Å². The maximum Gasteiger partial charge on any atom is 0.433 e. The molecule has 0 aliphatic heterocycles. The predicted octanol–water partition coefficient (Wildman–Crippen LogP) is 6.03. The maximum atomic E-state index is 13.7. The molecule has 3 rings (SSSR count). The monoisotopic (exact) mass is 464 g/mol. The number of aromatic nitrogens is 2. The molecular formula is C24H24F4N2O3. The van der Waals surface area contributed by atoms with Crippen LogP contribution in [0.15, 0.2) is 54.7 Å². The van der Waals surface area contributed by atoms with E-state index < -0.39 is 23.7 Å². The first-order valence-electron chi connectivity index (χ1n) is 10.5. The highest BCUT2D eigenvalue weighted by molar-refractivity contribution is 5.66. The van der Waals surface area contributed by atoms with E-state index >= 15 is 0 Å². The highest BCUT2D eigenvalue weighted by Gasteiger charge is 2.36. The zero-order valence-corrected chi connectivity index (χ0v) is 18.0. The van der Waals surface area contributed by atoms with Crippen LogP contribution in [0, 0.1) is 11.7 Å². The van der Waals surface area contributed by atoms with Gasteiger partial charge in [-0.25, -0.2) is 9.37 Å². The lowest BCUT2D eigenvalue weighted by Gasteiger charge is -2.17. The summed E-state index contributed by atoms with van der Waals surface area (Å²) >= 11 is 0. The van der Waals surface area contributed by atoms with Gasteiger partial charge in [-0.1, -0.05) is 25.1 Å². The molecule has 0 aliphatic carbocycles. The summed E-state index contributed by atoms with van der Waals surface area (Å²) < 4.78 is 61.2. The van der Waals surface area contributed by atoms with Gasteiger partial charge in [0.2, 0.25) is 0 Å². The van der Waals surface area contributed by atoms with Gasteiger partial charge in [-0.3, -0.25) is 4.79 Å². The number of alkyl halides is 3. The van der Waals surface area contributed by atoms with Gasteiger partial charge in [0.1, 0.15) is 23.1 Å². The Bertz CT molecular complexity index is 1080. The Hall–Kier alpha value is -3.36. The lowest BCUT2D eigenvalue weighted by atomic mass is 10.0. The van der Waals surface area contributed by atoms with Crippen molar-refractivity contribution >= 4 is 5.97 Å². The van der Waals surface area contributed by atoms with Gasteiger partial charge in [0, 0.05) is 17.5 Å². The number of para-hydroxylation sites is 1. The number of carbonyl (C=O) groups is 1. The summed E-state index contributed by atoms with van der Waals surface area (Å²) in [6.07, 6.45) is -2.51. The first-order valence-corrected chi connectivity index (χ1v) is 10.5. The normalized spacial score (nSPS) is 12.5. The van der Waals surface area contributed by atoms with Crippen LogP contribution in [0.3, 0.4) is 0 Å². The lowest BCUT2D eigenvalue weighted by Crippen LogP contribution is -2.15. The molecule has 1 heterocycles. The number of hydrogen-bond donors (Lipinski definition) is 1. The van der Waals surface area contributed by atoms with Gasteiger partial charge in [0.15, 0.2) is 0 Å². The molecule has 0 amide bonds. The predicted molar refractivity (Wildman–Crippen MR) is 114 cm³/mol. The zero-order chi connectivity index (χ0) is 24.0. The maximum absolute atomic E-state index is 13.7. The summed E-state index contributed by atoms with van der Waals surface area (Å²) in [5.74, 6) is -0.842. The van der Waals surface area contributed by atoms with Crippen molar-refractivity contribution in [3.8, 4) is 17.1 Å². The smallest absolute Gasteiger partial charge is 0.433 e. The van der Waals surface area contributed by atoms with E-state index in [1.54, 1.807) is 24.3 Å². The van der Waals surface area contributed by atoms with Crippen molar-refractivity contribution < 1.29 is 32.2 Å². The van der Waals surface area contributed by atoms with E-state index in [0.717, 1.165) is 10.8 Å². The first kappa shape index (κ1) is 24.3. The summed E-state index contributed by atoms with van der Waals surface area (Å²) in [5, 5.41) is 8.84. The number of aliphatic carboxylic acids is 1. The van der Waals surface area contributed by atoms with Gasteiger partial charge in [-0.2, -0.15) is 13.2 Å². The van der Waals surface area contributed by atoms with Crippen LogP contribution in [0.25, 0.3) is 11.4 Å². The molecule has 0 unspecified atom stereocenters. The van der Waals surface area contributed by atoms with Crippen molar-refractivity contribution in [2.75, 3.05) is 6.61 Å². The van der Waals surface area contributed by atoms with E-state index in [9.17, 15) is 22.4 Å². The standard InChI is InChI=1S/C24H24F4N2O3/c1-16(13-22(31)32)5-4-12-33-20-7-3-2-6-18(20)15-30-21(24(26,27)28)14-29-23(30)17-8-10-19(25)11-9-17/h2-3,6-11,14,16H,4-5,12-13,15H2,1H3,(H,31,32)/t16-/m1/s1. The lowest BCUT2D eigenvalue weighted by molar-refractivity contribution is -0.143. The second-order valence-corrected chi connectivity index (χ2v) is 7.86. The quantitative estimate of drug-likeness (QED) is 0.294. The molecular weight excluding hydrogens is 440 g/mol. The Labute approximate surface area is 188 Å².